The van der Waals surface area contributed by atoms with Gasteiger partial charge in [-0.15, -0.1) is 0 Å². The number of nitrogens with zero attached hydrogens (tertiary/aromatic N) is 1. The number of carbonyl (C=O) groups excluding carboxylic acids is 1. The van der Waals surface area contributed by atoms with E-state index < -0.39 is 0 Å². The smallest absolute Gasteiger partial charge is 0.318 e. The fourth-order valence-electron chi connectivity index (χ4n) is 1.94. The topological polar surface area (TPSA) is 41.6 Å². The largest absolute Gasteiger partial charge is 0.491 e. The molecule has 19 heavy (non-hydrogen) atoms. The van der Waals surface area contributed by atoms with Gasteiger partial charge in [-0.05, 0) is 31.5 Å². The van der Waals surface area contributed by atoms with Gasteiger partial charge in [-0.2, -0.15) is 0 Å². The summed E-state index contributed by atoms with van der Waals surface area (Å²) in [6, 6.07) is 4.40. The van der Waals surface area contributed by atoms with Crippen LogP contribution in [0.3, 0.4) is 0 Å². The first kappa shape index (κ1) is 13.6. The van der Waals surface area contributed by atoms with Crippen molar-refractivity contribution >= 4 is 6.03 Å². The summed E-state index contributed by atoms with van der Waals surface area (Å²) in [6.07, 6.45) is 0.876. The Bertz CT molecular complexity index is 465. The molecule has 0 fully saturated rings. The van der Waals surface area contributed by atoms with Gasteiger partial charge >= 0.3 is 6.03 Å². The Balaban J connectivity index is 2.10. The first-order valence-corrected chi connectivity index (χ1v) is 6.56. The lowest BCUT2D eigenvalue weighted by Crippen LogP contribution is -2.44. The van der Waals surface area contributed by atoms with Crippen LogP contribution in [0.5, 0.6) is 5.75 Å². The molecule has 1 N–H and O–H groups in total. The number of amides is 2. The van der Waals surface area contributed by atoms with Gasteiger partial charge in [0.2, 0.25) is 0 Å². The van der Waals surface area contributed by atoms with E-state index in [2.05, 4.69) is 5.32 Å². The Kier molecular flexibility index (Phi) is 4.24. The van der Waals surface area contributed by atoms with E-state index in [1.165, 1.54) is 12.1 Å². The molecule has 1 aliphatic heterocycles. The molecule has 0 saturated carbocycles. The summed E-state index contributed by atoms with van der Waals surface area (Å²) in [4.78, 5) is 13.7. The van der Waals surface area contributed by atoms with E-state index >= 15 is 0 Å². The van der Waals surface area contributed by atoms with E-state index in [9.17, 15) is 9.18 Å². The quantitative estimate of drug-likeness (QED) is 0.893. The lowest BCUT2D eigenvalue weighted by molar-refractivity contribution is 0.184. The Hall–Kier alpha value is -1.78. The van der Waals surface area contributed by atoms with Crippen LogP contribution < -0.4 is 10.1 Å². The summed E-state index contributed by atoms with van der Waals surface area (Å²) in [5.74, 6) is 0.340. The molecule has 0 aliphatic carbocycles. The van der Waals surface area contributed by atoms with Crippen LogP contribution in [-0.2, 0) is 6.54 Å². The van der Waals surface area contributed by atoms with Gasteiger partial charge in [0.05, 0.1) is 13.1 Å². The summed E-state index contributed by atoms with van der Waals surface area (Å²) in [5.41, 5.74) is 0.705. The second-order valence-electron chi connectivity index (χ2n) is 4.78. The summed E-state index contributed by atoms with van der Waals surface area (Å²) >= 11 is 0. The van der Waals surface area contributed by atoms with Crippen LogP contribution in [-0.4, -0.2) is 30.1 Å². The van der Waals surface area contributed by atoms with Gasteiger partial charge in [-0.1, -0.05) is 6.92 Å². The molecule has 0 unspecified atom stereocenters. The molecule has 1 aromatic carbocycles. The molecule has 0 aromatic heterocycles. The minimum Gasteiger partial charge on any atom is -0.491 e. The lowest BCUT2D eigenvalue weighted by atomic mass is 10.2. The average molecular weight is 266 g/mol. The highest BCUT2D eigenvalue weighted by Crippen LogP contribution is 2.23. The molecular formula is C14H19FN2O2. The molecule has 4 nitrogen and oxygen atoms in total. The average Bonchev–Trinajstić information content (AvgIpc) is 2.60. The number of nitrogens with one attached hydrogen (secondary N) is 1. The minimum atomic E-state index is -0.313. The number of benzene rings is 1. The standard InChI is InChI=1S/C14H19FN2O2/c1-3-10(2)16-14(18)17-6-7-19-13-5-4-12(15)8-11(13)9-17/h4-5,8,10H,3,6-7,9H2,1-2H3,(H,16,18)/t10-/m0/s1. The van der Waals surface area contributed by atoms with Crippen molar-refractivity contribution in [2.24, 2.45) is 0 Å². The highest BCUT2D eigenvalue weighted by molar-refractivity contribution is 5.74. The van der Waals surface area contributed by atoms with Gasteiger partial charge in [0.15, 0.2) is 0 Å². The summed E-state index contributed by atoms with van der Waals surface area (Å²) in [6.45, 7) is 5.27. The third kappa shape index (κ3) is 3.36. The van der Waals surface area contributed by atoms with Crippen molar-refractivity contribution in [2.75, 3.05) is 13.2 Å². The predicted molar refractivity (Wildman–Crippen MR) is 70.6 cm³/mol. The highest BCUT2D eigenvalue weighted by Gasteiger charge is 2.20. The number of halogens is 1. The number of rotatable bonds is 2. The predicted octanol–water partition coefficient (Wildman–Crippen LogP) is 2.53. The van der Waals surface area contributed by atoms with Crippen LogP contribution in [0.1, 0.15) is 25.8 Å². The second-order valence-corrected chi connectivity index (χ2v) is 4.78. The van der Waals surface area contributed by atoms with Gasteiger partial charge in [0.1, 0.15) is 18.2 Å². The van der Waals surface area contributed by atoms with Crippen LogP contribution in [0.2, 0.25) is 0 Å². The molecule has 1 heterocycles. The zero-order valence-electron chi connectivity index (χ0n) is 11.3. The molecule has 1 aromatic rings. The van der Waals surface area contributed by atoms with Crippen molar-refractivity contribution in [1.29, 1.82) is 0 Å². The molecular weight excluding hydrogens is 247 g/mol. The first-order valence-electron chi connectivity index (χ1n) is 6.56. The number of carbonyl (C=O) groups is 1. The molecule has 5 heteroatoms. The first-order chi connectivity index (χ1) is 9.10. The molecule has 1 atom stereocenters. The molecule has 0 bridgehead atoms. The fraction of sp³-hybridized carbons (Fsp3) is 0.500. The lowest BCUT2D eigenvalue weighted by Gasteiger charge is -2.22. The second kappa shape index (κ2) is 5.91. The van der Waals surface area contributed by atoms with Gasteiger partial charge < -0.3 is 15.0 Å². The van der Waals surface area contributed by atoms with E-state index in [0.717, 1.165) is 6.42 Å². The summed E-state index contributed by atoms with van der Waals surface area (Å²) in [7, 11) is 0. The molecule has 0 saturated heterocycles. The third-order valence-electron chi connectivity index (χ3n) is 3.27. The normalized spacial score (nSPS) is 16.1. The maximum absolute atomic E-state index is 13.2. The zero-order chi connectivity index (χ0) is 13.8. The van der Waals surface area contributed by atoms with Gasteiger partial charge in [0.25, 0.3) is 0 Å². The minimum absolute atomic E-state index is 0.128. The molecule has 0 radical (unpaired) electrons. The molecule has 104 valence electrons. The maximum Gasteiger partial charge on any atom is 0.318 e. The number of urea groups is 1. The van der Waals surface area contributed by atoms with E-state index in [-0.39, 0.29) is 17.9 Å². The Morgan fingerprint density at radius 2 is 2.37 bits per heavy atom. The van der Waals surface area contributed by atoms with E-state index in [1.807, 2.05) is 13.8 Å². The summed E-state index contributed by atoms with van der Waals surface area (Å²) < 4.78 is 18.8. The monoisotopic (exact) mass is 266 g/mol. The fourth-order valence-corrected chi connectivity index (χ4v) is 1.94. The van der Waals surface area contributed by atoms with Crippen molar-refractivity contribution < 1.29 is 13.9 Å². The zero-order valence-corrected chi connectivity index (χ0v) is 11.3. The molecule has 1 aliphatic rings. The summed E-state index contributed by atoms with van der Waals surface area (Å²) in [5, 5.41) is 2.91. The van der Waals surface area contributed by atoms with Crippen LogP contribution in [0, 0.1) is 5.82 Å². The van der Waals surface area contributed by atoms with Crippen molar-refractivity contribution in [3.05, 3.63) is 29.6 Å². The Labute approximate surface area is 112 Å². The van der Waals surface area contributed by atoms with E-state index in [4.69, 9.17) is 4.74 Å². The maximum atomic E-state index is 13.2. The van der Waals surface area contributed by atoms with Crippen LogP contribution in [0.25, 0.3) is 0 Å². The Morgan fingerprint density at radius 1 is 1.58 bits per heavy atom. The Morgan fingerprint density at radius 3 is 3.11 bits per heavy atom. The SMILES string of the molecule is CC[C@H](C)NC(=O)N1CCOc2ccc(F)cc2C1. The highest BCUT2D eigenvalue weighted by atomic mass is 19.1. The van der Waals surface area contributed by atoms with Gasteiger partial charge in [-0.25, -0.2) is 9.18 Å². The number of hydrogen-bond donors (Lipinski definition) is 1. The van der Waals surface area contributed by atoms with Crippen LogP contribution >= 0.6 is 0 Å². The molecule has 0 spiro atoms. The van der Waals surface area contributed by atoms with E-state index in [0.29, 0.717) is 31.0 Å². The number of hydrogen-bond acceptors (Lipinski definition) is 2. The molecule has 2 rings (SSSR count). The number of ether oxygens (including phenoxy) is 1. The van der Waals surface area contributed by atoms with Crippen molar-refractivity contribution in [2.45, 2.75) is 32.9 Å². The van der Waals surface area contributed by atoms with Crippen LogP contribution in [0.4, 0.5) is 9.18 Å². The van der Waals surface area contributed by atoms with Crippen LogP contribution in [0.15, 0.2) is 18.2 Å². The van der Waals surface area contributed by atoms with Gasteiger partial charge in [0, 0.05) is 11.6 Å². The van der Waals surface area contributed by atoms with Crippen molar-refractivity contribution in [1.82, 2.24) is 10.2 Å². The third-order valence-corrected chi connectivity index (χ3v) is 3.27. The van der Waals surface area contributed by atoms with E-state index in [1.54, 1.807) is 11.0 Å². The number of fused-ring (bicyclic) bond motifs is 1. The van der Waals surface area contributed by atoms with Crippen molar-refractivity contribution in [3.8, 4) is 5.75 Å². The van der Waals surface area contributed by atoms with Gasteiger partial charge in [-0.3, -0.25) is 0 Å². The van der Waals surface area contributed by atoms with Crippen molar-refractivity contribution in [3.63, 3.8) is 0 Å². The molecule has 2 amide bonds.